The van der Waals surface area contributed by atoms with Crippen LogP contribution in [0.1, 0.15) is 56.2 Å². The van der Waals surface area contributed by atoms with E-state index in [9.17, 15) is 9.59 Å². The highest BCUT2D eigenvalue weighted by atomic mass is 16.4. The molecule has 2 amide bonds. The quantitative estimate of drug-likeness (QED) is 0.746. The molecule has 0 aliphatic heterocycles. The summed E-state index contributed by atoms with van der Waals surface area (Å²) in [6.07, 6.45) is -3.24. The monoisotopic (exact) mass is 294 g/mol. The van der Waals surface area contributed by atoms with E-state index in [-0.39, 0.29) is 0 Å². The number of rotatable bonds is 2. The van der Waals surface area contributed by atoms with E-state index in [0.717, 1.165) is 0 Å². The highest BCUT2D eigenvalue weighted by Crippen LogP contribution is 2.28. The molecule has 21 heavy (non-hydrogen) atoms. The largest absolute Gasteiger partial charge is 0.462 e. The predicted molar refractivity (Wildman–Crippen MR) is 80.3 cm³/mol. The topological polar surface area (TPSA) is 99.3 Å². The van der Waals surface area contributed by atoms with Crippen LogP contribution in [0, 0.1) is 6.92 Å². The molecule has 1 aromatic carbocycles. The van der Waals surface area contributed by atoms with Gasteiger partial charge < -0.3 is 10.2 Å². The first-order valence-electron chi connectivity index (χ1n) is 6.63. The minimum Gasteiger partial charge on any atom is -0.462 e. The molecule has 0 atom stereocenters. The smallest absolute Gasteiger partial charge is 0.450 e. The number of hydrogen-bond acceptors (Lipinski definition) is 2. The van der Waals surface area contributed by atoms with E-state index in [1.165, 1.54) is 16.7 Å². The van der Waals surface area contributed by atoms with Gasteiger partial charge in [-0.3, -0.25) is 0 Å². The summed E-state index contributed by atoms with van der Waals surface area (Å²) in [4.78, 5) is 18.8. The van der Waals surface area contributed by atoms with Crippen LogP contribution in [0.15, 0.2) is 28.4 Å². The molecule has 0 unspecified atom stereocenters. The third-order valence-corrected chi connectivity index (χ3v) is 2.78. The normalized spacial score (nSPS) is 10.6. The maximum absolute atomic E-state index is 9.38. The second-order valence-corrected chi connectivity index (χ2v) is 5.15. The molecule has 2 N–H and O–H groups in total. The summed E-state index contributed by atoms with van der Waals surface area (Å²) in [5, 5.41) is 19.8. The van der Waals surface area contributed by atoms with Crippen LogP contribution in [0.4, 0.5) is 9.59 Å². The summed E-state index contributed by atoms with van der Waals surface area (Å²) in [6.45, 7) is 11.3. The second-order valence-electron chi connectivity index (χ2n) is 5.15. The number of aryl methyl sites for hydroxylation is 1. The molecule has 116 valence electrons. The Kier molecular flexibility index (Phi) is 7.89. The molecule has 6 nitrogen and oxygen atoms in total. The summed E-state index contributed by atoms with van der Waals surface area (Å²) in [7, 11) is 0. The minimum atomic E-state index is -1.62. The van der Waals surface area contributed by atoms with Crippen molar-refractivity contribution in [2.75, 3.05) is 0 Å². The molecule has 0 aromatic heterocycles. The van der Waals surface area contributed by atoms with E-state index in [1.807, 2.05) is 0 Å². The lowest BCUT2D eigenvalue weighted by atomic mass is 9.87. The molecule has 0 radical (unpaired) electrons. The molecule has 6 heteroatoms. The Morgan fingerprint density at radius 1 is 0.952 bits per heavy atom. The van der Waals surface area contributed by atoms with Gasteiger partial charge in [0.15, 0.2) is 0 Å². The second kappa shape index (κ2) is 8.84. The fourth-order valence-electron chi connectivity index (χ4n) is 2.08. The van der Waals surface area contributed by atoms with Crippen LogP contribution >= 0.6 is 0 Å². The minimum absolute atomic E-state index is 0.636. The number of benzene rings is 1. The SMILES string of the molecule is Cc1cccc(C(C)C)c1C(C)C.O=C(O)/N=N/C(=O)O. The molecule has 0 fully saturated rings. The first-order chi connectivity index (χ1) is 9.66. The van der Waals surface area contributed by atoms with Crippen molar-refractivity contribution in [3.8, 4) is 0 Å². The molecular weight excluding hydrogens is 272 g/mol. The van der Waals surface area contributed by atoms with Crippen molar-refractivity contribution in [3.05, 3.63) is 34.9 Å². The van der Waals surface area contributed by atoms with E-state index < -0.39 is 12.2 Å². The van der Waals surface area contributed by atoms with Gasteiger partial charge in [0, 0.05) is 0 Å². The van der Waals surface area contributed by atoms with E-state index in [4.69, 9.17) is 10.2 Å². The van der Waals surface area contributed by atoms with Gasteiger partial charge in [-0.05, 0) is 35.4 Å². The molecule has 0 spiro atoms. The van der Waals surface area contributed by atoms with Crippen LogP contribution in [0.5, 0.6) is 0 Å². The molecule has 0 saturated carbocycles. The molecule has 1 aromatic rings. The summed E-state index contributed by atoms with van der Waals surface area (Å²) in [6, 6.07) is 6.63. The van der Waals surface area contributed by atoms with Crippen molar-refractivity contribution >= 4 is 12.2 Å². The zero-order chi connectivity index (χ0) is 16.6. The van der Waals surface area contributed by atoms with E-state index in [1.54, 1.807) is 0 Å². The Labute approximate surface area is 124 Å². The van der Waals surface area contributed by atoms with Crippen LogP contribution < -0.4 is 0 Å². The average molecular weight is 294 g/mol. The van der Waals surface area contributed by atoms with Crippen molar-refractivity contribution in [3.63, 3.8) is 0 Å². The zero-order valence-electron chi connectivity index (χ0n) is 13.0. The first kappa shape index (κ1) is 18.8. The molecule has 1 rings (SSSR count). The molecule has 0 saturated heterocycles. The fraction of sp³-hybridized carbons (Fsp3) is 0.467. The predicted octanol–water partition coefficient (Wildman–Crippen LogP) is 5.04. The standard InChI is InChI=1S/C13H20.C2H2N2O4/c1-9(2)12-8-6-7-11(5)13(12)10(3)4;5-1(6)3-4-2(7)8/h6-10H,1-5H3;(H,5,6)(H,7,8)/b;4-3+. The number of amides is 2. The number of azo groups is 1. The number of nitrogens with zero attached hydrogens (tertiary/aromatic N) is 2. The van der Waals surface area contributed by atoms with Crippen LogP contribution in [0.2, 0.25) is 0 Å². The van der Waals surface area contributed by atoms with Crippen molar-refractivity contribution in [1.29, 1.82) is 0 Å². The van der Waals surface area contributed by atoms with E-state index in [0.29, 0.717) is 11.8 Å². The van der Waals surface area contributed by atoms with Crippen molar-refractivity contribution in [2.24, 2.45) is 10.2 Å². The van der Waals surface area contributed by atoms with Crippen molar-refractivity contribution < 1.29 is 19.8 Å². The summed E-state index contributed by atoms with van der Waals surface area (Å²) < 4.78 is 0. The van der Waals surface area contributed by atoms with Gasteiger partial charge in [-0.1, -0.05) is 56.1 Å². The Bertz CT molecular complexity index is 506. The maximum Gasteiger partial charge on any atom is 0.450 e. The van der Waals surface area contributed by atoms with Crippen molar-refractivity contribution in [2.45, 2.75) is 46.5 Å². The number of hydrogen-bond donors (Lipinski definition) is 2. The number of carboxylic acid groups (broad SMARTS) is 2. The summed E-state index contributed by atoms with van der Waals surface area (Å²) in [5.74, 6) is 1.27. The zero-order valence-corrected chi connectivity index (χ0v) is 13.0. The molecule has 0 heterocycles. The van der Waals surface area contributed by atoms with E-state index in [2.05, 4.69) is 63.0 Å². The van der Waals surface area contributed by atoms with Gasteiger partial charge >= 0.3 is 12.2 Å². The first-order valence-corrected chi connectivity index (χ1v) is 6.63. The average Bonchev–Trinajstić information content (AvgIpc) is 2.36. The fourth-order valence-corrected chi connectivity index (χ4v) is 2.08. The highest BCUT2D eigenvalue weighted by molar-refractivity contribution is 5.70. The molecule has 0 aliphatic rings. The van der Waals surface area contributed by atoms with Crippen LogP contribution in [-0.2, 0) is 0 Å². The lowest BCUT2D eigenvalue weighted by Gasteiger charge is -2.18. The Morgan fingerprint density at radius 2 is 1.43 bits per heavy atom. The summed E-state index contributed by atoms with van der Waals surface area (Å²) >= 11 is 0. The van der Waals surface area contributed by atoms with Gasteiger partial charge in [0.1, 0.15) is 0 Å². The highest BCUT2D eigenvalue weighted by Gasteiger charge is 2.11. The Balaban J connectivity index is 0.000000433. The van der Waals surface area contributed by atoms with Crippen molar-refractivity contribution in [1.82, 2.24) is 0 Å². The lowest BCUT2D eigenvalue weighted by Crippen LogP contribution is -2.00. The van der Waals surface area contributed by atoms with Gasteiger partial charge in [0.25, 0.3) is 0 Å². The Hall–Kier alpha value is -2.24. The Morgan fingerprint density at radius 3 is 1.71 bits per heavy atom. The van der Waals surface area contributed by atoms with Gasteiger partial charge in [0.05, 0.1) is 0 Å². The van der Waals surface area contributed by atoms with E-state index >= 15 is 0 Å². The summed E-state index contributed by atoms with van der Waals surface area (Å²) in [5.41, 5.74) is 4.48. The number of carbonyl (C=O) groups is 2. The molecular formula is C15H22N2O4. The van der Waals surface area contributed by atoms with Gasteiger partial charge in [0.2, 0.25) is 0 Å². The maximum atomic E-state index is 9.38. The van der Waals surface area contributed by atoms with Crippen LogP contribution in [-0.4, -0.2) is 22.4 Å². The third-order valence-electron chi connectivity index (χ3n) is 2.78. The lowest BCUT2D eigenvalue weighted by molar-refractivity contribution is 0.194. The van der Waals surface area contributed by atoms with Gasteiger partial charge in [-0.15, -0.1) is 0 Å². The van der Waals surface area contributed by atoms with Crippen LogP contribution in [0.3, 0.4) is 0 Å². The molecule has 0 aliphatic carbocycles. The van der Waals surface area contributed by atoms with Gasteiger partial charge in [-0.2, -0.15) is 0 Å². The third kappa shape index (κ3) is 7.20. The van der Waals surface area contributed by atoms with Gasteiger partial charge in [-0.25, -0.2) is 9.59 Å². The van der Waals surface area contributed by atoms with Crippen LogP contribution in [0.25, 0.3) is 0 Å². The molecule has 0 bridgehead atoms.